The van der Waals surface area contributed by atoms with Crippen LogP contribution in [-0.4, -0.2) is 56.0 Å². The van der Waals surface area contributed by atoms with Crippen molar-refractivity contribution in [2.24, 2.45) is 4.99 Å². The van der Waals surface area contributed by atoms with Crippen molar-refractivity contribution in [3.63, 3.8) is 0 Å². The number of ether oxygens (including phenoxy) is 1. The van der Waals surface area contributed by atoms with E-state index in [1.165, 1.54) is 37.1 Å². The second kappa shape index (κ2) is 6.62. The molecule has 6 nitrogen and oxygen atoms in total. The first kappa shape index (κ1) is 17.7. The minimum absolute atomic E-state index is 0.0191. The first-order valence-electron chi connectivity index (χ1n) is 7.02. The largest absolute Gasteiger partial charge is 0.375 e. The summed E-state index contributed by atoms with van der Waals surface area (Å²) in [5.74, 6) is -1.07. The number of nitrogens with zero attached hydrogens (tertiary/aromatic N) is 2. The van der Waals surface area contributed by atoms with Gasteiger partial charge in [0, 0.05) is 18.0 Å². The van der Waals surface area contributed by atoms with Gasteiger partial charge in [0.05, 0.1) is 22.6 Å². The molecule has 0 aliphatic carbocycles. The van der Waals surface area contributed by atoms with Crippen LogP contribution in [0.3, 0.4) is 0 Å². The number of carbonyl (C=O) groups is 1. The number of benzene rings is 1. The second-order valence-electron chi connectivity index (χ2n) is 5.49. The standard InChI is InChI=1S/C14H14ClFN2O4S2/c1-22-5-13(19)17-14-18(8-2-3-10(16)9(15)4-8)11-6-24(20,21)7-12(11)23-14/h2-4,11-12H,5-7H2,1H3. The van der Waals surface area contributed by atoms with Gasteiger partial charge in [0.15, 0.2) is 15.0 Å². The zero-order valence-electron chi connectivity index (χ0n) is 12.6. The molecule has 0 aromatic heterocycles. The highest BCUT2D eigenvalue weighted by atomic mass is 35.5. The first-order chi connectivity index (χ1) is 11.3. The molecule has 0 N–H and O–H groups in total. The molecular weight excluding hydrogens is 379 g/mol. The third kappa shape index (κ3) is 3.44. The smallest absolute Gasteiger partial charge is 0.274 e. The number of hydrogen-bond donors (Lipinski definition) is 0. The Morgan fingerprint density at radius 1 is 1.50 bits per heavy atom. The molecular formula is C14H14ClFN2O4S2. The molecule has 1 amide bonds. The number of thioether (sulfide) groups is 1. The molecule has 2 fully saturated rings. The molecule has 10 heteroatoms. The number of rotatable bonds is 3. The van der Waals surface area contributed by atoms with Gasteiger partial charge in [-0.25, -0.2) is 12.8 Å². The van der Waals surface area contributed by atoms with Crippen LogP contribution in [0.25, 0.3) is 0 Å². The van der Waals surface area contributed by atoms with Gasteiger partial charge in [-0.1, -0.05) is 23.4 Å². The van der Waals surface area contributed by atoms with E-state index in [4.69, 9.17) is 16.3 Å². The molecule has 0 radical (unpaired) electrons. The Morgan fingerprint density at radius 2 is 2.25 bits per heavy atom. The Balaban J connectivity index is 2.01. The van der Waals surface area contributed by atoms with E-state index in [1.807, 2.05) is 0 Å². The molecule has 0 saturated carbocycles. The van der Waals surface area contributed by atoms with E-state index in [0.29, 0.717) is 10.9 Å². The number of amidine groups is 1. The summed E-state index contributed by atoms with van der Waals surface area (Å²) >= 11 is 7.08. The van der Waals surface area contributed by atoms with E-state index in [9.17, 15) is 17.6 Å². The van der Waals surface area contributed by atoms with E-state index in [1.54, 1.807) is 4.90 Å². The number of halogens is 2. The van der Waals surface area contributed by atoms with E-state index in [0.717, 1.165) is 0 Å². The molecule has 24 heavy (non-hydrogen) atoms. The summed E-state index contributed by atoms with van der Waals surface area (Å²) in [6.07, 6.45) is 0. The Kier molecular flexibility index (Phi) is 4.87. The molecule has 2 aliphatic rings. The molecule has 0 spiro atoms. The number of anilines is 1. The first-order valence-corrected chi connectivity index (χ1v) is 10.1. The quantitative estimate of drug-likeness (QED) is 0.779. The Labute approximate surface area is 147 Å². The summed E-state index contributed by atoms with van der Waals surface area (Å²) in [5, 5.41) is 0.0712. The zero-order chi connectivity index (χ0) is 17.5. The van der Waals surface area contributed by atoms with Crippen molar-refractivity contribution in [2.75, 3.05) is 30.1 Å². The number of aliphatic imine (C=N–C) groups is 1. The summed E-state index contributed by atoms with van der Waals surface area (Å²) in [5.41, 5.74) is 0.502. The van der Waals surface area contributed by atoms with Crippen molar-refractivity contribution in [3.8, 4) is 0 Å². The lowest BCUT2D eigenvalue weighted by Gasteiger charge is -2.24. The van der Waals surface area contributed by atoms with Crippen LogP contribution in [-0.2, 0) is 19.4 Å². The van der Waals surface area contributed by atoms with Gasteiger partial charge in [-0.3, -0.25) is 4.79 Å². The number of carbonyl (C=O) groups excluding carboxylic acids is 1. The van der Waals surface area contributed by atoms with Gasteiger partial charge < -0.3 is 9.64 Å². The van der Waals surface area contributed by atoms with Crippen molar-refractivity contribution in [1.82, 2.24) is 0 Å². The number of amides is 1. The van der Waals surface area contributed by atoms with Crippen molar-refractivity contribution < 1.29 is 22.3 Å². The summed E-state index contributed by atoms with van der Waals surface area (Å²) < 4.78 is 42.0. The highest BCUT2D eigenvalue weighted by molar-refractivity contribution is 8.16. The Hall–Kier alpha value is -1.16. The molecule has 2 unspecified atom stereocenters. The lowest BCUT2D eigenvalue weighted by Crippen LogP contribution is -2.37. The van der Waals surface area contributed by atoms with E-state index in [2.05, 4.69) is 4.99 Å². The average Bonchev–Trinajstić information content (AvgIpc) is 2.93. The zero-order valence-corrected chi connectivity index (χ0v) is 15.0. The number of methoxy groups -OCH3 is 1. The van der Waals surface area contributed by atoms with Gasteiger partial charge in [0.1, 0.15) is 12.4 Å². The minimum Gasteiger partial charge on any atom is -0.375 e. The van der Waals surface area contributed by atoms with Gasteiger partial charge in [0.25, 0.3) is 5.91 Å². The third-order valence-corrected chi connectivity index (χ3v) is 7.24. The molecule has 130 valence electrons. The highest BCUT2D eigenvalue weighted by Crippen LogP contribution is 2.41. The summed E-state index contributed by atoms with van der Waals surface area (Å²) in [4.78, 5) is 17.5. The molecule has 2 aliphatic heterocycles. The predicted octanol–water partition coefficient (Wildman–Crippen LogP) is 1.73. The number of hydrogen-bond acceptors (Lipinski definition) is 5. The molecule has 2 saturated heterocycles. The average molecular weight is 393 g/mol. The van der Waals surface area contributed by atoms with Crippen LogP contribution in [0.15, 0.2) is 23.2 Å². The summed E-state index contributed by atoms with van der Waals surface area (Å²) in [6, 6.07) is 3.73. The van der Waals surface area contributed by atoms with Crippen LogP contribution >= 0.6 is 23.4 Å². The molecule has 2 heterocycles. The Morgan fingerprint density at radius 3 is 2.92 bits per heavy atom. The fraction of sp³-hybridized carbons (Fsp3) is 0.429. The molecule has 1 aromatic rings. The van der Waals surface area contributed by atoms with Crippen molar-refractivity contribution >= 4 is 50.0 Å². The van der Waals surface area contributed by atoms with Crippen LogP contribution in [0.2, 0.25) is 5.02 Å². The minimum atomic E-state index is -3.16. The van der Waals surface area contributed by atoms with Crippen LogP contribution in [0.1, 0.15) is 0 Å². The van der Waals surface area contributed by atoms with E-state index < -0.39 is 21.6 Å². The van der Waals surface area contributed by atoms with Gasteiger partial charge in [0.2, 0.25) is 0 Å². The second-order valence-corrected chi connectivity index (χ2v) is 9.26. The lowest BCUT2D eigenvalue weighted by atomic mass is 10.2. The fourth-order valence-electron chi connectivity index (χ4n) is 2.76. The van der Waals surface area contributed by atoms with Gasteiger partial charge in [-0.15, -0.1) is 0 Å². The lowest BCUT2D eigenvalue weighted by molar-refractivity contribution is -0.121. The van der Waals surface area contributed by atoms with Crippen LogP contribution in [0.5, 0.6) is 0 Å². The van der Waals surface area contributed by atoms with E-state index >= 15 is 0 Å². The Bertz CT molecular complexity index is 815. The molecule has 0 bridgehead atoms. The topological polar surface area (TPSA) is 76.0 Å². The molecule has 3 rings (SSSR count). The van der Waals surface area contributed by atoms with Crippen LogP contribution in [0, 0.1) is 5.82 Å². The molecule has 1 aromatic carbocycles. The monoisotopic (exact) mass is 392 g/mol. The third-order valence-electron chi connectivity index (χ3n) is 3.74. The van der Waals surface area contributed by atoms with Gasteiger partial charge in [-0.2, -0.15) is 4.99 Å². The molecule has 2 atom stereocenters. The van der Waals surface area contributed by atoms with Crippen LogP contribution in [0.4, 0.5) is 10.1 Å². The maximum Gasteiger partial charge on any atom is 0.274 e. The highest BCUT2D eigenvalue weighted by Gasteiger charge is 2.49. The summed E-state index contributed by atoms with van der Waals surface area (Å²) in [7, 11) is -1.77. The maximum atomic E-state index is 13.4. The van der Waals surface area contributed by atoms with Crippen molar-refractivity contribution in [2.45, 2.75) is 11.3 Å². The maximum absolute atomic E-state index is 13.4. The fourth-order valence-corrected chi connectivity index (χ4v) is 6.87. The predicted molar refractivity (Wildman–Crippen MR) is 92.0 cm³/mol. The van der Waals surface area contributed by atoms with Crippen molar-refractivity contribution in [3.05, 3.63) is 29.0 Å². The van der Waals surface area contributed by atoms with Crippen LogP contribution < -0.4 is 4.90 Å². The van der Waals surface area contributed by atoms with Gasteiger partial charge >= 0.3 is 0 Å². The number of sulfone groups is 1. The SMILES string of the molecule is COCC(=O)N=C1SC2CS(=O)(=O)CC2N1c1ccc(F)c(Cl)c1. The normalized spacial score (nSPS) is 26.8. The summed E-state index contributed by atoms with van der Waals surface area (Å²) in [6.45, 7) is -0.171. The van der Waals surface area contributed by atoms with Gasteiger partial charge in [-0.05, 0) is 18.2 Å². The van der Waals surface area contributed by atoms with Crippen molar-refractivity contribution in [1.29, 1.82) is 0 Å². The number of fused-ring (bicyclic) bond motifs is 1. The van der Waals surface area contributed by atoms with E-state index in [-0.39, 0.29) is 34.4 Å².